The molecule has 1 amide bonds. The van der Waals surface area contributed by atoms with E-state index in [1.54, 1.807) is 6.07 Å². The number of fused-ring (bicyclic) bond motifs is 1. The molecule has 8 nitrogen and oxygen atoms in total. The first-order valence-corrected chi connectivity index (χ1v) is 11.6. The number of pyridine rings is 1. The van der Waals surface area contributed by atoms with Gasteiger partial charge in [0.25, 0.3) is 17.3 Å². The summed E-state index contributed by atoms with van der Waals surface area (Å²) in [6.45, 7) is 12.0. The number of halogens is 1. The second-order valence-electron chi connectivity index (χ2n) is 8.68. The van der Waals surface area contributed by atoms with Gasteiger partial charge in [0.1, 0.15) is 0 Å². The summed E-state index contributed by atoms with van der Waals surface area (Å²) in [5, 5.41) is 6.21. The first-order valence-electron chi connectivity index (χ1n) is 10.8. The number of amides is 1. The normalized spacial score (nSPS) is 20.4. The van der Waals surface area contributed by atoms with Gasteiger partial charge in [0.2, 0.25) is 0 Å². The smallest absolute Gasteiger partial charge is 0.261 e. The molecule has 172 valence electrons. The number of rotatable bonds is 5. The maximum absolute atomic E-state index is 13.0. The average molecular weight is 505 g/mol. The van der Waals surface area contributed by atoms with E-state index < -0.39 is 5.79 Å². The molecule has 0 saturated carbocycles. The zero-order valence-corrected chi connectivity index (χ0v) is 20.4. The van der Waals surface area contributed by atoms with Gasteiger partial charge >= 0.3 is 0 Å². The predicted molar refractivity (Wildman–Crippen MR) is 126 cm³/mol. The topological polar surface area (TPSA) is 95.7 Å². The van der Waals surface area contributed by atoms with Crippen LogP contribution in [0.25, 0.3) is 0 Å². The van der Waals surface area contributed by atoms with Gasteiger partial charge in [0.05, 0.1) is 11.0 Å². The van der Waals surface area contributed by atoms with Crippen molar-refractivity contribution in [2.75, 3.05) is 32.7 Å². The van der Waals surface area contributed by atoms with Crippen molar-refractivity contribution in [1.82, 2.24) is 20.5 Å². The summed E-state index contributed by atoms with van der Waals surface area (Å²) in [6, 6.07) is 3.64. The number of carbonyl (C=O) groups excluding carboxylic acids is 1. The second-order valence-corrected chi connectivity index (χ2v) is 9.53. The molecule has 1 aromatic carbocycles. The van der Waals surface area contributed by atoms with Crippen LogP contribution < -0.4 is 25.7 Å². The van der Waals surface area contributed by atoms with Crippen molar-refractivity contribution < 1.29 is 14.3 Å². The SMILES string of the molecule is Cc1cc(C)c(CNC(=O)c2cc(Br)c3c(c2C)OC(C)(CN2CCNCC2)O3)c(=O)[nH]1. The Morgan fingerprint density at radius 1 is 1.19 bits per heavy atom. The summed E-state index contributed by atoms with van der Waals surface area (Å²) >= 11 is 3.54. The van der Waals surface area contributed by atoms with E-state index in [2.05, 4.69) is 36.4 Å². The summed E-state index contributed by atoms with van der Waals surface area (Å²) in [4.78, 5) is 30.4. The first-order chi connectivity index (χ1) is 15.2. The molecule has 1 fully saturated rings. The van der Waals surface area contributed by atoms with E-state index in [-0.39, 0.29) is 18.0 Å². The minimum Gasteiger partial charge on any atom is -0.447 e. The Labute approximate surface area is 195 Å². The fourth-order valence-electron chi connectivity index (χ4n) is 4.31. The van der Waals surface area contributed by atoms with Crippen LogP contribution in [0.15, 0.2) is 21.4 Å². The zero-order chi connectivity index (χ0) is 23.0. The number of aromatic nitrogens is 1. The van der Waals surface area contributed by atoms with E-state index in [9.17, 15) is 9.59 Å². The number of nitrogens with one attached hydrogen (secondary N) is 3. The molecule has 0 radical (unpaired) electrons. The number of piperazine rings is 1. The van der Waals surface area contributed by atoms with Crippen LogP contribution in [0.2, 0.25) is 0 Å². The average Bonchev–Trinajstić information content (AvgIpc) is 3.08. The monoisotopic (exact) mass is 504 g/mol. The summed E-state index contributed by atoms with van der Waals surface area (Å²) < 4.78 is 13.1. The molecule has 2 aliphatic heterocycles. The van der Waals surface area contributed by atoms with Crippen molar-refractivity contribution in [2.45, 2.75) is 40.0 Å². The van der Waals surface area contributed by atoms with E-state index in [0.717, 1.165) is 37.4 Å². The molecule has 2 aliphatic rings. The van der Waals surface area contributed by atoms with Gasteiger partial charge in [0.15, 0.2) is 11.5 Å². The molecule has 0 aliphatic carbocycles. The van der Waals surface area contributed by atoms with Crippen LogP contribution in [0.5, 0.6) is 11.5 Å². The lowest BCUT2D eigenvalue weighted by Crippen LogP contribution is -2.52. The van der Waals surface area contributed by atoms with Crippen LogP contribution in [-0.2, 0) is 6.54 Å². The highest BCUT2D eigenvalue weighted by Gasteiger charge is 2.41. The van der Waals surface area contributed by atoms with Crippen LogP contribution in [0.4, 0.5) is 0 Å². The quantitative estimate of drug-likeness (QED) is 0.578. The third-order valence-electron chi connectivity index (χ3n) is 5.96. The third kappa shape index (κ3) is 4.55. The minimum atomic E-state index is -0.825. The second kappa shape index (κ2) is 8.88. The highest BCUT2D eigenvalue weighted by molar-refractivity contribution is 9.10. The molecule has 4 rings (SSSR count). The number of carbonyl (C=O) groups is 1. The Bertz CT molecular complexity index is 1110. The maximum Gasteiger partial charge on any atom is 0.261 e. The zero-order valence-electron chi connectivity index (χ0n) is 18.9. The van der Waals surface area contributed by atoms with E-state index >= 15 is 0 Å². The summed E-state index contributed by atoms with van der Waals surface area (Å²) in [5.41, 5.74) is 3.19. The molecule has 3 N–H and O–H groups in total. The number of H-pyrrole nitrogens is 1. The number of nitrogens with zero attached hydrogens (tertiary/aromatic N) is 1. The Kier molecular flexibility index (Phi) is 6.33. The van der Waals surface area contributed by atoms with Crippen LogP contribution in [0, 0.1) is 20.8 Å². The summed E-state index contributed by atoms with van der Waals surface area (Å²) in [6.07, 6.45) is 0. The lowest BCUT2D eigenvalue weighted by Gasteiger charge is -2.33. The lowest BCUT2D eigenvalue weighted by atomic mass is 10.1. The van der Waals surface area contributed by atoms with E-state index in [4.69, 9.17) is 9.47 Å². The van der Waals surface area contributed by atoms with E-state index in [0.29, 0.717) is 39.2 Å². The summed E-state index contributed by atoms with van der Waals surface area (Å²) in [7, 11) is 0. The van der Waals surface area contributed by atoms with Gasteiger partial charge in [-0.2, -0.15) is 0 Å². The van der Waals surface area contributed by atoms with Crippen LogP contribution >= 0.6 is 15.9 Å². The van der Waals surface area contributed by atoms with E-state index in [1.807, 2.05) is 33.8 Å². The van der Waals surface area contributed by atoms with Gasteiger partial charge in [-0.15, -0.1) is 0 Å². The van der Waals surface area contributed by atoms with Crippen molar-refractivity contribution in [3.05, 3.63) is 54.9 Å². The third-order valence-corrected chi connectivity index (χ3v) is 6.55. The van der Waals surface area contributed by atoms with Gasteiger partial charge in [0, 0.05) is 62.0 Å². The van der Waals surface area contributed by atoms with Crippen molar-refractivity contribution in [1.29, 1.82) is 0 Å². The molecule has 32 heavy (non-hydrogen) atoms. The predicted octanol–water partition coefficient (Wildman–Crippen LogP) is 2.39. The molecule has 9 heteroatoms. The Morgan fingerprint density at radius 3 is 2.56 bits per heavy atom. The van der Waals surface area contributed by atoms with Crippen LogP contribution in [0.1, 0.15) is 39.7 Å². The Balaban J connectivity index is 1.52. The molecule has 0 bridgehead atoms. The highest BCUT2D eigenvalue weighted by atomic mass is 79.9. The summed E-state index contributed by atoms with van der Waals surface area (Å²) in [5.74, 6) is 0.0904. The first kappa shape index (κ1) is 22.8. The Hall–Kier alpha value is -2.36. The number of hydrogen-bond acceptors (Lipinski definition) is 6. The standard InChI is InChI=1S/C23H29BrN4O4/c1-13-9-14(2)27-22(30)17(13)11-26-21(29)16-10-18(24)20-19(15(16)3)31-23(4,32-20)12-28-7-5-25-6-8-28/h9-10,25H,5-8,11-12H2,1-4H3,(H,26,29)(H,27,30). The number of ether oxygens (including phenoxy) is 2. The molecule has 1 saturated heterocycles. The molecule has 1 aromatic heterocycles. The number of benzene rings is 1. The van der Waals surface area contributed by atoms with Gasteiger partial charge < -0.3 is 25.1 Å². The number of hydrogen-bond donors (Lipinski definition) is 3. The van der Waals surface area contributed by atoms with Gasteiger partial charge in [-0.25, -0.2) is 0 Å². The molecular weight excluding hydrogens is 476 g/mol. The Morgan fingerprint density at radius 2 is 1.88 bits per heavy atom. The van der Waals surface area contributed by atoms with Crippen LogP contribution in [0.3, 0.4) is 0 Å². The molecule has 1 unspecified atom stereocenters. The van der Waals surface area contributed by atoms with Crippen LogP contribution in [-0.4, -0.2) is 54.3 Å². The lowest BCUT2D eigenvalue weighted by molar-refractivity contribution is -0.0858. The largest absolute Gasteiger partial charge is 0.447 e. The van der Waals surface area contributed by atoms with Crippen molar-refractivity contribution in [2.24, 2.45) is 0 Å². The maximum atomic E-state index is 13.0. The molecular formula is C23H29BrN4O4. The fourth-order valence-corrected chi connectivity index (χ4v) is 4.80. The number of aryl methyl sites for hydroxylation is 2. The molecule has 0 spiro atoms. The molecule has 2 aromatic rings. The van der Waals surface area contributed by atoms with Crippen molar-refractivity contribution in [3.63, 3.8) is 0 Å². The van der Waals surface area contributed by atoms with Gasteiger partial charge in [-0.05, 0) is 54.4 Å². The molecule has 1 atom stereocenters. The van der Waals surface area contributed by atoms with E-state index in [1.165, 1.54) is 0 Å². The highest BCUT2D eigenvalue weighted by Crippen LogP contribution is 2.48. The minimum absolute atomic E-state index is 0.145. The number of aromatic amines is 1. The molecule has 3 heterocycles. The van der Waals surface area contributed by atoms with Crippen molar-refractivity contribution in [3.8, 4) is 11.5 Å². The van der Waals surface area contributed by atoms with Crippen molar-refractivity contribution >= 4 is 21.8 Å². The van der Waals surface area contributed by atoms with Gasteiger partial charge in [-0.1, -0.05) is 0 Å². The fraction of sp³-hybridized carbons (Fsp3) is 0.478. The van der Waals surface area contributed by atoms with Gasteiger partial charge in [-0.3, -0.25) is 14.5 Å².